The molecular weight excluding hydrogens is 258 g/mol. The first kappa shape index (κ1) is 16.3. The molecule has 0 saturated heterocycles. The van der Waals surface area contributed by atoms with Crippen molar-refractivity contribution in [3.63, 3.8) is 0 Å². The lowest BCUT2D eigenvalue weighted by molar-refractivity contribution is 0.610. The Kier molecular flexibility index (Phi) is 6.50. The number of nitrogens with zero attached hydrogens (tertiary/aromatic N) is 2. The predicted octanol–water partition coefficient (Wildman–Crippen LogP) is 3.91. The number of aryl methyl sites for hydroxylation is 1. The number of anilines is 1. The third-order valence-corrected chi connectivity index (χ3v) is 4.41. The minimum Gasteiger partial charge on any atom is -0.354 e. The highest BCUT2D eigenvalue weighted by molar-refractivity contribution is 5.44. The number of rotatable bonds is 8. The van der Waals surface area contributed by atoms with Crippen LogP contribution in [0.3, 0.4) is 0 Å². The number of aromatic nitrogens is 1. The van der Waals surface area contributed by atoms with Crippen LogP contribution in [0.5, 0.6) is 0 Å². The topological polar surface area (TPSA) is 28.2 Å². The molecule has 1 N–H and O–H groups in total. The van der Waals surface area contributed by atoms with E-state index in [9.17, 15) is 0 Å². The van der Waals surface area contributed by atoms with Crippen molar-refractivity contribution in [3.8, 4) is 0 Å². The van der Waals surface area contributed by atoms with Crippen LogP contribution in [0, 0.1) is 0 Å². The predicted molar refractivity (Wildman–Crippen MR) is 90.9 cm³/mol. The van der Waals surface area contributed by atoms with Crippen molar-refractivity contribution < 1.29 is 0 Å². The molecule has 1 fully saturated rings. The van der Waals surface area contributed by atoms with Crippen LogP contribution in [0.25, 0.3) is 0 Å². The largest absolute Gasteiger partial charge is 0.354 e. The minimum atomic E-state index is 0.700. The maximum Gasteiger partial charge on any atom is 0.129 e. The second kappa shape index (κ2) is 8.38. The average Bonchev–Trinajstić information content (AvgIpc) is 3.00. The molecule has 1 aliphatic carbocycles. The van der Waals surface area contributed by atoms with Gasteiger partial charge in [0.25, 0.3) is 0 Å². The molecule has 1 aliphatic rings. The van der Waals surface area contributed by atoms with E-state index in [1.165, 1.54) is 42.8 Å². The van der Waals surface area contributed by atoms with Crippen LogP contribution < -0.4 is 10.2 Å². The van der Waals surface area contributed by atoms with Crippen molar-refractivity contribution >= 4 is 5.82 Å². The molecule has 1 aromatic heterocycles. The van der Waals surface area contributed by atoms with Gasteiger partial charge in [-0.3, -0.25) is 0 Å². The van der Waals surface area contributed by atoms with E-state index in [2.05, 4.69) is 43.1 Å². The van der Waals surface area contributed by atoms with E-state index in [1.54, 1.807) is 0 Å². The van der Waals surface area contributed by atoms with Gasteiger partial charge >= 0.3 is 0 Å². The number of hydrogen-bond acceptors (Lipinski definition) is 3. The van der Waals surface area contributed by atoms with Crippen molar-refractivity contribution in [1.82, 2.24) is 10.3 Å². The van der Waals surface area contributed by atoms with Crippen LogP contribution in [-0.4, -0.2) is 24.1 Å². The van der Waals surface area contributed by atoms with Gasteiger partial charge in [0, 0.05) is 24.8 Å². The molecule has 0 amide bonds. The summed E-state index contributed by atoms with van der Waals surface area (Å²) in [6.07, 6.45) is 7.65. The number of nitrogens with one attached hydrogen (secondary N) is 1. The normalized spacial score (nSPS) is 15.6. The summed E-state index contributed by atoms with van der Waals surface area (Å²) in [4.78, 5) is 7.47. The van der Waals surface area contributed by atoms with Crippen LogP contribution in [0.2, 0.25) is 0 Å². The summed E-state index contributed by atoms with van der Waals surface area (Å²) >= 11 is 0. The standard InChI is InChI=1S/C18H31N3/c1-4-9-16-12-15(14-19-5-2)13-18(20-16)21(6-3)17-10-7-8-11-17/h12-13,17,19H,4-11,14H2,1-3H3. The summed E-state index contributed by atoms with van der Waals surface area (Å²) in [5, 5.41) is 3.44. The Morgan fingerprint density at radius 2 is 1.95 bits per heavy atom. The number of hydrogen-bond donors (Lipinski definition) is 1. The SMILES string of the molecule is CCCc1cc(CNCC)cc(N(CC)C2CCCC2)n1. The molecule has 3 nitrogen and oxygen atoms in total. The molecule has 0 unspecified atom stereocenters. The fraction of sp³-hybridized carbons (Fsp3) is 0.722. The van der Waals surface area contributed by atoms with E-state index in [0.29, 0.717) is 6.04 Å². The highest BCUT2D eigenvalue weighted by Crippen LogP contribution is 2.28. The summed E-state index contributed by atoms with van der Waals surface area (Å²) in [6.45, 7) is 9.68. The van der Waals surface area contributed by atoms with E-state index < -0.39 is 0 Å². The van der Waals surface area contributed by atoms with Crippen LogP contribution in [0.1, 0.15) is 64.1 Å². The average molecular weight is 289 g/mol. The Morgan fingerprint density at radius 1 is 1.19 bits per heavy atom. The fourth-order valence-electron chi connectivity index (χ4n) is 3.36. The first-order chi connectivity index (χ1) is 10.3. The van der Waals surface area contributed by atoms with Crippen molar-refractivity contribution in [1.29, 1.82) is 0 Å². The molecule has 0 atom stereocenters. The molecule has 0 aliphatic heterocycles. The molecule has 1 saturated carbocycles. The minimum absolute atomic E-state index is 0.700. The van der Waals surface area contributed by atoms with Crippen LogP contribution >= 0.6 is 0 Å². The second-order valence-electron chi connectivity index (χ2n) is 6.08. The van der Waals surface area contributed by atoms with Crippen LogP contribution in [0.15, 0.2) is 12.1 Å². The van der Waals surface area contributed by atoms with Gasteiger partial charge in [0.2, 0.25) is 0 Å². The molecule has 1 aromatic rings. The highest BCUT2D eigenvalue weighted by Gasteiger charge is 2.23. The van der Waals surface area contributed by atoms with Crippen molar-refractivity contribution in [3.05, 3.63) is 23.4 Å². The van der Waals surface area contributed by atoms with Gasteiger partial charge in [0.15, 0.2) is 0 Å². The van der Waals surface area contributed by atoms with E-state index in [-0.39, 0.29) is 0 Å². The van der Waals surface area contributed by atoms with Gasteiger partial charge in [-0.15, -0.1) is 0 Å². The lowest BCUT2D eigenvalue weighted by Crippen LogP contribution is -2.34. The molecule has 0 bridgehead atoms. The molecule has 0 radical (unpaired) electrons. The molecule has 3 heteroatoms. The molecule has 2 rings (SSSR count). The van der Waals surface area contributed by atoms with E-state index >= 15 is 0 Å². The molecule has 1 heterocycles. The van der Waals surface area contributed by atoms with Crippen LogP contribution in [-0.2, 0) is 13.0 Å². The maximum absolute atomic E-state index is 4.95. The van der Waals surface area contributed by atoms with Gasteiger partial charge in [-0.05, 0) is 50.4 Å². The van der Waals surface area contributed by atoms with Gasteiger partial charge < -0.3 is 10.2 Å². The van der Waals surface area contributed by atoms with Gasteiger partial charge in [0.1, 0.15) is 5.82 Å². The van der Waals surface area contributed by atoms with Gasteiger partial charge in [-0.2, -0.15) is 0 Å². The van der Waals surface area contributed by atoms with E-state index in [4.69, 9.17) is 4.98 Å². The highest BCUT2D eigenvalue weighted by atomic mass is 15.2. The van der Waals surface area contributed by atoms with Crippen molar-refractivity contribution in [2.45, 2.75) is 71.9 Å². The third kappa shape index (κ3) is 4.44. The van der Waals surface area contributed by atoms with Gasteiger partial charge in [-0.1, -0.05) is 33.1 Å². The Labute approximate surface area is 130 Å². The Hall–Kier alpha value is -1.09. The molecule has 0 aromatic carbocycles. The smallest absolute Gasteiger partial charge is 0.129 e. The zero-order valence-corrected chi connectivity index (χ0v) is 14.0. The molecule has 21 heavy (non-hydrogen) atoms. The molecular formula is C18H31N3. The summed E-state index contributed by atoms with van der Waals surface area (Å²) < 4.78 is 0. The first-order valence-electron chi connectivity index (χ1n) is 8.75. The Balaban J connectivity index is 2.23. The lowest BCUT2D eigenvalue weighted by Gasteiger charge is -2.29. The molecule has 118 valence electrons. The van der Waals surface area contributed by atoms with E-state index in [1.807, 2.05) is 0 Å². The summed E-state index contributed by atoms with van der Waals surface area (Å²) in [5.41, 5.74) is 2.63. The van der Waals surface area contributed by atoms with Crippen LogP contribution in [0.4, 0.5) is 5.82 Å². The Morgan fingerprint density at radius 3 is 2.57 bits per heavy atom. The summed E-state index contributed by atoms with van der Waals surface area (Å²) in [5.74, 6) is 1.20. The Bertz CT molecular complexity index is 424. The summed E-state index contributed by atoms with van der Waals surface area (Å²) in [7, 11) is 0. The zero-order chi connectivity index (χ0) is 15.1. The zero-order valence-electron chi connectivity index (χ0n) is 14.0. The number of pyridine rings is 1. The maximum atomic E-state index is 4.95. The van der Waals surface area contributed by atoms with Gasteiger partial charge in [0.05, 0.1) is 0 Å². The first-order valence-corrected chi connectivity index (χ1v) is 8.75. The lowest BCUT2D eigenvalue weighted by atomic mass is 10.1. The van der Waals surface area contributed by atoms with Gasteiger partial charge in [-0.25, -0.2) is 4.98 Å². The summed E-state index contributed by atoms with van der Waals surface area (Å²) in [6, 6.07) is 5.27. The second-order valence-corrected chi connectivity index (χ2v) is 6.08. The van der Waals surface area contributed by atoms with Crippen molar-refractivity contribution in [2.24, 2.45) is 0 Å². The monoisotopic (exact) mass is 289 g/mol. The van der Waals surface area contributed by atoms with E-state index in [0.717, 1.165) is 32.5 Å². The quantitative estimate of drug-likeness (QED) is 0.786. The molecule has 0 spiro atoms. The fourth-order valence-corrected chi connectivity index (χ4v) is 3.36. The third-order valence-electron chi connectivity index (χ3n) is 4.41. The van der Waals surface area contributed by atoms with Crippen molar-refractivity contribution in [2.75, 3.05) is 18.0 Å².